The molecule has 0 bridgehead atoms. The third-order valence-electron chi connectivity index (χ3n) is 4.85. The average molecular weight is 303 g/mol. The van der Waals surface area contributed by atoms with Gasteiger partial charge in [-0.2, -0.15) is 0 Å². The van der Waals surface area contributed by atoms with Gasteiger partial charge in [0, 0.05) is 6.04 Å². The van der Waals surface area contributed by atoms with Crippen molar-refractivity contribution < 1.29 is 14.3 Å². The van der Waals surface area contributed by atoms with E-state index in [9.17, 15) is 4.79 Å². The predicted octanol–water partition coefficient (Wildman–Crippen LogP) is 3.53. The summed E-state index contributed by atoms with van der Waals surface area (Å²) >= 11 is 0. The van der Waals surface area contributed by atoms with E-state index in [1.165, 1.54) is 25.7 Å². The molecule has 4 heteroatoms. The lowest BCUT2D eigenvalue weighted by Crippen LogP contribution is -2.45. The number of rotatable bonds is 3. The minimum absolute atomic E-state index is 0.0956. The highest BCUT2D eigenvalue weighted by Crippen LogP contribution is 2.36. The van der Waals surface area contributed by atoms with E-state index in [1.54, 1.807) is 0 Å². The van der Waals surface area contributed by atoms with Crippen molar-refractivity contribution in [2.24, 2.45) is 0 Å². The zero-order valence-corrected chi connectivity index (χ0v) is 13.5. The second-order valence-corrected chi connectivity index (χ2v) is 6.85. The Morgan fingerprint density at radius 3 is 2.50 bits per heavy atom. The van der Waals surface area contributed by atoms with Crippen LogP contribution in [0.5, 0.6) is 11.5 Å². The molecule has 120 valence electrons. The van der Waals surface area contributed by atoms with Gasteiger partial charge in [0.25, 0.3) is 0 Å². The van der Waals surface area contributed by atoms with Crippen molar-refractivity contribution in [1.29, 1.82) is 0 Å². The zero-order valence-electron chi connectivity index (χ0n) is 13.5. The molecule has 3 rings (SSSR count). The van der Waals surface area contributed by atoms with Gasteiger partial charge in [-0.1, -0.05) is 31.7 Å². The van der Waals surface area contributed by atoms with Crippen molar-refractivity contribution in [2.75, 3.05) is 6.79 Å². The van der Waals surface area contributed by atoms with E-state index in [0.717, 1.165) is 29.9 Å². The maximum atomic E-state index is 12.8. The quantitative estimate of drug-likeness (QED) is 0.869. The van der Waals surface area contributed by atoms with E-state index in [1.807, 2.05) is 32.0 Å². The van der Waals surface area contributed by atoms with Gasteiger partial charge < -0.3 is 14.8 Å². The van der Waals surface area contributed by atoms with E-state index in [0.29, 0.717) is 6.04 Å². The Bertz CT molecular complexity index is 545. The summed E-state index contributed by atoms with van der Waals surface area (Å²) in [5.74, 6) is 1.58. The maximum Gasteiger partial charge on any atom is 0.231 e. The van der Waals surface area contributed by atoms with Crippen LogP contribution in [0, 0.1) is 0 Å². The van der Waals surface area contributed by atoms with Crippen molar-refractivity contribution in [3.8, 4) is 11.5 Å². The van der Waals surface area contributed by atoms with E-state index in [-0.39, 0.29) is 12.7 Å². The van der Waals surface area contributed by atoms with Crippen LogP contribution in [0.15, 0.2) is 18.2 Å². The molecule has 1 fully saturated rings. The molecule has 0 unspecified atom stereocenters. The van der Waals surface area contributed by atoms with Crippen molar-refractivity contribution in [2.45, 2.75) is 63.8 Å². The molecule has 1 aliphatic carbocycles. The largest absolute Gasteiger partial charge is 0.454 e. The molecule has 0 aromatic heterocycles. The molecule has 1 saturated carbocycles. The molecule has 1 aromatic rings. The molecule has 1 amide bonds. The van der Waals surface area contributed by atoms with Crippen LogP contribution in [0.4, 0.5) is 0 Å². The van der Waals surface area contributed by atoms with Crippen molar-refractivity contribution in [3.63, 3.8) is 0 Å². The summed E-state index contributed by atoms with van der Waals surface area (Å²) in [6.45, 7) is 4.20. The fraction of sp³-hybridized carbons (Fsp3) is 0.611. The Hall–Kier alpha value is -1.71. The van der Waals surface area contributed by atoms with Gasteiger partial charge in [-0.3, -0.25) is 4.79 Å². The second kappa shape index (κ2) is 6.19. The smallest absolute Gasteiger partial charge is 0.231 e. The zero-order chi connectivity index (χ0) is 15.6. The van der Waals surface area contributed by atoms with Gasteiger partial charge in [0.15, 0.2) is 11.5 Å². The molecule has 0 radical (unpaired) electrons. The maximum absolute atomic E-state index is 12.8. The third-order valence-corrected chi connectivity index (χ3v) is 4.85. The molecule has 1 N–H and O–H groups in total. The summed E-state index contributed by atoms with van der Waals surface area (Å²) in [4.78, 5) is 12.8. The predicted molar refractivity (Wildman–Crippen MR) is 85.2 cm³/mol. The fourth-order valence-corrected chi connectivity index (χ4v) is 3.21. The van der Waals surface area contributed by atoms with Crippen LogP contribution in [-0.4, -0.2) is 18.7 Å². The molecule has 1 aliphatic heterocycles. The lowest BCUT2D eigenvalue weighted by Gasteiger charge is -2.27. The van der Waals surface area contributed by atoms with Crippen LogP contribution in [0.2, 0.25) is 0 Å². The van der Waals surface area contributed by atoms with Crippen LogP contribution >= 0.6 is 0 Å². The molecule has 1 heterocycles. The molecule has 22 heavy (non-hydrogen) atoms. The Balaban J connectivity index is 1.72. The topological polar surface area (TPSA) is 47.6 Å². The summed E-state index contributed by atoms with van der Waals surface area (Å²) in [6.07, 6.45) is 7.21. The minimum Gasteiger partial charge on any atom is -0.454 e. The summed E-state index contributed by atoms with van der Waals surface area (Å²) < 4.78 is 10.8. The van der Waals surface area contributed by atoms with Crippen LogP contribution in [-0.2, 0) is 10.2 Å². The number of hydrogen-bond acceptors (Lipinski definition) is 3. The Labute approximate surface area is 132 Å². The highest BCUT2D eigenvalue weighted by molar-refractivity contribution is 5.87. The fourth-order valence-electron chi connectivity index (χ4n) is 3.21. The molecular formula is C18H25NO3. The number of fused-ring (bicyclic) bond motifs is 1. The van der Waals surface area contributed by atoms with Crippen molar-refractivity contribution >= 4 is 5.91 Å². The third kappa shape index (κ3) is 3.06. The molecular weight excluding hydrogens is 278 g/mol. The summed E-state index contributed by atoms with van der Waals surface area (Å²) in [5, 5.41) is 3.25. The first-order valence-electron chi connectivity index (χ1n) is 8.28. The van der Waals surface area contributed by atoms with Gasteiger partial charge >= 0.3 is 0 Å². The first-order valence-corrected chi connectivity index (χ1v) is 8.28. The van der Waals surface area contributed by atoms with Crippen molar-refractivity contribution in [1.82, 2.24) is 5.32 Å². The molecule has 4 nitrogen and oxygen atoms in total. The first-order chi connectivity index (χ1) is 10.6. The Morgan fingerprint density at radius 1 is 1.09 bits per heavy atom. The van der Waals surface area contributed by atoms with Gasteiger partial charge in [0.05, 0.1) is 5.41 Å². The highest BCUT2D eigenvalue weighted by atomic mass is 16.7. The van der Waals surface area contributed by atoms with Gasteiger partial charge in [-0.05, 0) is 44.4 Å². The molecule has 2 aliphatic rings. The lowest BCUT2D eigenvalue weighted by molar-refractivity contribution is -0.126. The van der Waals surface area contributed by atoms with Crippen LogP contribution in [0.3, 0.4) is 0 Å². The number of benzene rings is 1. The first kappa shape index (κ1) is 15.2. The number of hydrogen-bond donors (Lipinski definition) is 1. The summed E-state index contributed by atoms with van der Waals surface area (Å²) in [7, 11) is 0. The number of nitrogens with one attached hydrogen (secondary N) is 1. The van der Waals surface area contributed by atoms with Gasteiger partial charge in [0.1, 0.15) is 0 Å². The van der Waals surface area contributed by atoms with Gasteiger partial charge in [0.2, 0.25) is 12.7 Å². The molecule has 0 saturated heterocycles. The van der Waals surface area contributed by atoms with Crippen LogP contribution < -0.4 is 14.8 Å². The minimum atomic E-state index is -0.576. The normalized spacial score (nSPS) is 18.8. The molecule has 0 atom stereocenters. The highest BCUT2D eigenvalue weighted by Gasteiger charge is 2.32. The number of carbonyl (C=O) groups excluding carboxylic acids is 1. The monoisotopic (exact) mass is 303 g/mol. The molecule has 0 spiro atoms. The van der Waals surface area contributed by atoms with E-state index in [4.69, 9.17) is 9.47 Å². The average Bonchev–Trinajstić information content (AvgIpc) is 2.83. The van der Waals surface area contributed by atoms with Crippen LogP contribution in [0.25, 0.3) is 0 Å². The number of carbonyl (C=O) groups is 1. The number of amides is 1. The SMILES string of the molecule is CC(C)(C(=O)NC1CCCCCC1)c1ccc2c(c1)OCO2. The second-order valence-electron chi connectivity index (χ2n) is 6.85. The standard InChI is InChI=1S/C18H25NO3/c1-18(2,13-9-10-15-16(11-13)22-12-21-15)17(20)19-14-7-5-3-4-6-8-14/h9-11,14H,3-8,12H2,1-2H3,(H,19,20). The number of ether oxygens (including phenoxy) is 2. The van der Waals surface area contributed by atoms with Crippen LogP contribution in [0.1, 0.15) is 57.9 Å². The Morgan fingerprint density at radius 2 is 1.77 bits per heavy atom. The summed E-state index contributed by atoms with van der Waals surface area (Å²) in [5.41, 5.74) is 0.385. The van der Waals surface area contributed by atoms with Crippen molar-refractivity contribution in [3.05, 3.63) is 23.8 Å². The van der Waals surface area contributed by atoms with E-state index < -0.39 is 5.41 Å². The van der Waals surface area contributed by atoms with Gasteiger partial charge in [-0.25, -0.2) is 0 Å². The molecule has 1 aromatic carbocycles. The summed E-state index contributed by atoms with van der Waals surface area (Å²) in [6, 6.07) is 6.09. The van der Waals surface area contributed by atoms with E-state index >= 15 is 0 Å². The Kier molecular flexibility index (Phi) is 4.27. The lowest BCUT2D eigenvalue weighted by atomic mass is 9.83. The van der Waals surface area contributed by atoms with Gasteiger partial charge in [-0.15, -0.1) is 0 Å². The van der Waals surface area contributed by atoms with E-state index in [2.05, 4.69) is 5.32 Å².